The molecule has 2 aliphatic heterocycles. The highest BCUT2D eigenvalue weighted by Gasteiger charge is 2.42. The van der Waals surface area contributed by atoms with E-state index in [1.807, 2.05) is 0 Å². The van der Waals surface area contributed by atoms with Crippen LogP contribution in [0, 0.1) is 0 Å². The van der Waals surface area contributed by atoms with Gasteiger partial charge >= 0.3 is 0 Å². The van der Waals surface area contributed by atoms with Gasteiger partial charge in [0.2, 0.25) is 0 Å². The molecule has 0 unspecified atom stereocenters. The minimum absolute atomic E-state index is 0.222. The molecule has 2 fully saturated rings. The summed E-state index contributed by atoms with van der Waals surface area (Å²) in [5.74, 6) is -0.222. The zero-order valence-corrected chi connectivity index (χ0v) is 10.2. The Labute approximate surface area is 92.7 Å². The fourth-order valence-electron chi connectivity index (χ4n) is 2.46. The van der Waals surface area contributed by atoms with Crippen molar-refractivity contribution in [3.8, 4) is 0 Å². The van der Waals surface area contributed by atoms with Crippen LogP contribution in [0.4, 0.5) is 0 Å². The van der Waals surface area contributed by atoms with Gasteiger partial charge < -0.3 is 9.47 Å². The van der Waals surface area contributed by atoms with Crippen molar-refractivity contribution in [2.45, 2.75) is 51.4 Å². The molecule has 0 aromatic carbocycles. The second-order valence-electron chi connectivity index (χ2n) is 5.26. The van der Waals surface area contributed by atoms with Crippen molar-refractivity contribution >= 4 is 0 Å². The molecule has 0 aliphatic carbocycles. The Morgan fingerprint density at radius 1 is 1.13 bits per heavy atom. The van der Waals surface area contributed by atoms with Crippen molar-refractivity contribution in [3.63, 3.8) is 0 Å². The molecule has 0 N–H and O–H groups in total. The van der Waals surface area contributed by atoms with Crippen molar-refractivity contribution in [2.24, 2.45) is 0 Å². The van der Waals surface area contributed by atoms with Crippen LogP contribution >= 0.6 is 0 Å². The molecule has 2 saturated heterocycles. The van der Waals surface area contributed by atoms with Crippen molar-refractivity contribution in [1.29, 1.82) is 0 Å². The van der Waals surface area contributed by atoms with E-state index >= 15 is 0 Å². The highest BCUT2D eigenvalue weighted by molar-refractivity contribution is 4.89. The Bertz CT molecular complexity index is 212. The molecular weight excluding hydrogens is 190 g/mol. The predicted octanol–water partition coefficient (Wildman–Crippen LogP) is 2.01. The van der Waals surface area contributed by atoms with Gasteiger partial charge in [0.15, 0.2) is 5.79 Å². The van der Waals surface area contributed by atoms with Crippen LogP contribution in [0.3, 0.4) is 0 Å². The maximum Gasteiger partial charge on any atom is 0.170 e. The van der Waals surface area contributed by atoms with Gasteiger partial charge in [0.05, 0.1) is 13.2 Å². The van der Waals surface area contributed by atoms with Crippen molar-refractivity contribution in [2.75, 3.05) is 26.3 Å². The van der Waals surface area contributed by atoms with E-state index in [0.29, 0.717) is 5.54 Å². The van der Waals surface area contributed by atoms with E-state index in [2.05, 4.69) is 25.7 Å². The first-order chi connectivity index (χ1) is 7.08. The molecule has 0 amide bonds. The number of ether oxygens (including phenoxy) is 2. The Morgan fingerprint density at radius 2 is 1.67 bits per heavy atom. The lowest BCUT2D eigenvalue weighted by molar-refractivity contribution is -0.191. The summed E-state index contributed by atoms with van der Waals surface area (Å²) in [7, 11) is 0. The molecule has 0 aromatic heterocycles. The maximum absolute atomic E-state index is 5.73. The molecular formula is C12H23NO2. The minimum atomic E-state index is -0.222. The highest BCUT2D eigenvalue weighted by Crippen LogP contribution is 2.34. The Balaban J connectivity index is 1.91. The summed E-state index contributed by atoms with van der Waals surface area (Å²) in [6.07, 6.45) is 3.24. The summed E-state index contributed by atoms with van der Waals surface area (Å²) < 4.78 is 11.5. The van der Waals surface area contributed by atoms with Gasteiger partial charge in [-0.05, 0) is 20.3 Å². The van der Waals surface area contributed by atoms with E-state index in [4.69, 9.17) is 9.47 Å². The van der Waals surface area contributed by atoms with Crippen LogP contribution in [0.1, 0.15) is 40.0 Å². The number of likely N-dealkylation sites (tertiary alicyclic amines) is 1. The van der Waals surface area contributed by atoms with Crippen molar-refractivity contribution in [1.82, 2.24) is 4.90 Å². The molecule has 2 aliphatic rings. The molecule has 88 valence electrons. The third-order valence-corrected chi connectivity index (χ3v) is 4.06. The molecule has 0 aromatic rings. The smallest absolute Gasteiger partial charge is 0.170 e. The fraction of sp³-hybridized carbons (Fsp3) is 1.00. The molecule has 1 spiro atoms. The van der Waals surface area contributed by atoms with Gasteiger partial charge in [-0.2, -0.15) is 0 Å². The van der Waals surface area contributed by atoms with E-state index in [-0.39, 0.29) is 5.79 Å². The molecule has 3 nitrogen and oxygen atoms in total. The van der Waals surface area contributed by atoms with Gasteiger partial charge in [-0.25, -0.2) is 0 Å². The molecule has 0 saturated carbocycles. The van der Waals surface area contributed by atoms with Crippen LogP contribution < -0.4 is 0 Å². The lowest BCUT2D eigenvalue weighted by Crippen LogP contribution is -2.52. The number of hydrogen-bond donors (Lipinski definition) is 0. The molecule has 0 atom stereocenters. The van der Waals surface area contributed by atoms with Crippen LogP contribution in [-0.4, -0.2) is 42.5 Å². The molecule has 3 heteroatoms. The summed E-state index contributed by atoms with van der Waals surface area (Å²) in [4.78, 5) is 2.56. The summed E-state index contributed by atoms with van der Waals surface area (Å²) in [6, 6.07) is 0. The van der Waals surface area contributed by atoms with E-state index in [0.717, 1.165) is 39.1 Å². The normalized spacial score (nSPS) is 27.4. The molecule has 15 heavy (non-hydrogen) atoms. The van der Waals surface area contributed by atoms with Gasteiger partial charge in [0.25, 0.3) is 0 Å². The van der Waals surface area contributed by atoms with E-state index in [1.54, 1.807) is 0 Å². The number of nitrogens with zero attached hydrogens (tertiary/aromatic N) is 1. The number of hydrogen-bond acceptors (Lipinski definition) is 3. The van der Waals surface area contributed by atoms with E-state index in [1.165, 1.54) is 6.42 Å². The van der Waals surface area contributed by atoms with Gasteiger partial charge in [0, 0.05) is 31.5 Å². The summed E-state index contributed by atoms with van der Waals surface area (Å²) >= 11 is 0. The first kappa shape index (κ1) is 11.4. The number of rotatable bonds is 2. The SMILES string of the molecule is CCC(C)(C)N1CCC2(CC1)OCCO2. The zero-order chi connectivity index (χ0) is 10.9. The molecule has 2 heterocycles. The van der Waals surface area contributed by atoms with E-state index < -0.39 is 0 Å². The lowest BCUT2D eigenvalue weighted by Gasteiger charge is -2.45. The Hall–Kier alpha value is -0.120. The van der Waals surface area contributed by atoms with E-state index in [9.17, 15) is 0 Å². The Morgan fingerprint density at radius 3 is 2.13 bits per heavy atom. The van der Waals surface area contributed by atoms with Crippen LogP contribution in [-0.2, 0) is 9.47 Å². The summed E-state index contributed by atoms with van der Waals surface area (Å²) in [6.45, 7) is 10.6. The van der Waals surface area contributed by atoms with Crippen molar-refractivity contribution < 1.29 is 9.47 Å². The third kappa shape index (κ3) is 2.19. The summed E-state index contributed by atoms with van der Waals surface area (Å²) in [5.41, 5.74) is 0.320. The second kappa shape index (κ2) is 4.04. The van der Waals surface area contributed by atoms with Crippen LogP contribution in [0.5, 0.6) is 0 Å². The molecule has 2 rings (SSSR count). The predicted molar refractivity (Wildman–Crippen MR) is 59.8 cm³/mol. The van der Waals surface area contributed by atoms with Gasteiger partial charge in [-0.1, -0.05) is 6.92 Å². The largest absolute Gasteiger partial charge is 0.347 e. The zero-order valence-electron chi connectivity index (χ0n) is 10.2. The fourth-order valence-corrected chi connectivity index (χ4v) is 2.46. The summed E-state index contributed by atoms with van der Waals surface area (Å²) in [5, 5.41) is 0. The second-order valence-corrected chi connectivity index (χ2v) is 5.26. The monoisotopic (exact) mass is 213 g/mol. The first-order valence-corrected chi connectivity index (χ1v) is 6.11. The molecule has 0 radical (unpaired) electrons. The third-order valence-electron chi connectivity index (χ3n) is 4.06. The Kier molecular flexibility index (Phi) is 3.06. The maximum atomic E-state index is 5.73. The standard InChI is InChI=1S/C12H23NO2/c1-4-11(2,3)13-7-5-12(6-8-13)14-9-10-15-12/h4-10H2,1-3H3. The average Bonchev–Trinajstić information content (AvgIpc) is 2.67. The first-order valence-electron chi connectivity index (χ1n) is 6.11. The van der Waals surface area contributed by atoms with Gasteiger partial charge in [0.1, 0.15) is 0 Å². The minimum Gasteiger partial charge on any atom is -0.347 e. The lowest BCUT2D eigenvalue weighted by atomic mass is 9.94. The van der Waals surface area contributed by atoms with Crippen LogP contribution in [0.15, 0.2) is 0 Å². The number of piperidine rings is 1. The highest BCUT2D eigenvalue weighted by atomic mass is 16.7. The van der Waals surface area contributed by atoms with Gasteiger partial charge in [-0.3, -0.25) is 4.90 Å². The van der Waals surface area contributed by atoms with Gasteiger partial charge in [-0.15, -0.1) is 0 Å². The quantitative estimate of drug-likeness (QED) is 0.700. The van der Waals surface area contributed by atoms with Crippen LogP contribution in [0.2, 0.25) is 0 Å². The van der Waals surface area contributed by atoms with Crippen molar-refractivity contribution in [3.05, 3.63) is 0 Å². The van der Waals surface area contributed by atoms with Crippen LogP contribution in [0.25, 0.3) is 0 Å². The topological polar surface area (TPSA) is 21.7 Å². The average molecular weight is 213 g/mol. The molecule has 0 bridgehead atoms.